The van der Waals surface area contributed by atoms with E-state index < -0.39 is 0 Å². The first-order chi connectivity index (χ1) is 7.54. The van der Waals surface area contributed by atoms with Crippen LogP contribution in [-0.2, 0) is 4.79 Å². The maximum Gasteiger partial charge on any atom is 0.233 e. The topological polar surface area (TPSA) is 41.1 Å². The van der Waals surface area contributed by atoms with Crippen LogP contribution in [0.1, 0.15) is 18.5 Å². The zero-order chi connectivity index (χ0) is 12.1. The van der Waals surface area contributed by atoms with Gasteiger partial charge in [-0.05, 0) is 24.6 Å². The van der Waals surface area contributed by atoms with Crippen molar-refractivity contribution in [1.29, 1.82) is 0 Å². The molecule has 0 fully saturated rings. The first kappa shape index (κ1) is 12.9. The molecule has 0 radical (unpaired) electrons. The number of carbonyl (C=O) groups excluding carboxylic acids is 1. The highest BCUT2D eigenvalue weighted by Gasteiger charge is 2.10. The van der Waals surface area contributed by atoms with Crippen LogP contribution >= 0.6 is 11.6 Å². The van der Waals surface area contributed by atoms with E-state index in [1.165, 1.54) is 12.1 Å². The molecule has 3 nitrogen and oxygen atoms in total. The second-order valence-electron chi connectivity index (χ2n) is 3.44. The van der Waals surface area contributed by atoms with Gasteiger partial charge in [-0.15, -0.1) is 0 Å². The lowest BCUT2D eigenvalue weighted by Gasteiger charge is -2.15. The average Bonchev–Trinajstić information content (AvgIpc) is 2.25. The van der Waals surface area contributed by atoms with E-state index >= 15 is 0 Å². The molecule has 0 aliphatic carbocycles. The van der Waals surface area contributed by atoms with Crippen LogP contribution in [0.5, 0.6) is 0 Å². The van der Waals surface area contributed by atoms with Crippen LogP contribution in [0.15, 0.2) is 18.2 Å². The van der Waals surface area contributed by atoms with Crippen molar-refractivity contribution in [3.05, 3.63) is 34.6 Å². The van der Waals surface area contributed by atoms with Gasteiger partial charge in [-0.25, -0.2) is 4.39 Å². The second kappa shape index (κ2) is 5.82. The fourth-order valence-electron chi connectivity index (χ4n) is 1.30. The van der Waals surface area contributed by atoms with Gasteiger partial charge in [-0.3, -0.25) is 4.79 Å². The lowest BCUT2D eigenvalue weighted by Crippen LogP contribution is -2.32. The Morgan fingerprint density at radius 2 is 2.25 bits per heavy atom. The van der Waals surface area contributed by atoms with Crippen molar-refractivity contribution in [2.24, 2.45) is 0 Å². The normalized spacial score (nSPS) is 12.2. The van der Waals surface area contributed by atoms with Crippen LogP contribution in [0.3, 0.4) is 0 Å². The first-order valence-electron chi connectivity index (χ1n) is 4.93. The predicted octanol–water partition coefficient (Wildman–Crippen LogP) is 1.88. The van der Waals surface area contributed by atoms with Crippen LogP contribution in [-0.4, -0.2) is 19.5 Å². The molecule has 0 spiro atoms. The Labute approximate surface area is 99.0 Å². The first-order valence-corrected chi connectivity index (χ1v) is 5.31. The number of hydrogen-bond acceptors (Lipinski definition) is 2. The summed E-state index contributed by atoms with van der Waals surface area (Å²) < 4.78 is 12.8. The molecule has 1 atom stereocenters. The number of rotatable bonds is 4. The number of halogens is 2. The number of carbonyl (C=O) groups is 1. The third kappa shape index (κ3) is 3.47. The van der Waals surface area contributed by atoms with E-state index in [1.807, 2.05) is 6.92 Å². The molecule has 0 saturated heterocycles. The fraction of sp³-hybridized carbons (Fsp3) is 0.364. The standard InChI is InChI=1S/C11H14ClFN2O/c1-7(15-6-11(16)14-2)9-4-3-8(13)5-10(9)12/h3-5,7,15H,6H2,1-2H3,(H,14,16)/t7-/m1/s1. The molecule has 88 valence electrons. The molecule has 1 amide bonds. The summed E-state index contributed by atoms with van der Waals surface area (Å²) in [5.74, 6) is -0.475. The minimum absolute atomic E-state index is 0.106. The predicted molar refractivity (Wildman–Crippen MR) is 61.9 cm³/mol. The van der Waals surface area contributed by atoms with Crippen molar-refractivity contribution >= 4 is 17.5 Å². The molecule has 0 bridgehead atoms. The Morgan fingerprint density at radius 3 is 2.81 bits per heavy atom. The highest BCUT2D eigenvalue weighted by atomic mass is 35.5. The van der Waals surface area contributed by atoms with Gasteiger partial charge < -0.3 is 10.6 Å². The number of nitrogens with one attached hydrogen (secondary N) is 2. The summed E-state index contributed by atoms with van der Waals surface area (Å²) in [7, 11) is 1.57. The van der Waals surface area contributed by atoms with Crippen molar-refractivity contribution in [3.63, 3.8) is 0 Å². The van der Waals surface area contributed by atoms with Crippen LogP contribution in [0.4, 0.5) is 4.39 Å². The van der Waals surface area contributed by atoms with Gasteiger partial charge in [0.05, 0.1) is 6.54 Å². The van der Waals surface area contributed by atoms with Crippen LogP contribution in [0.2, 0.25) is 5.02 Å². The summed E-state index contributed by atoms with van der Waals surface area (Å²) in [5.41, 5.74) is 0.770. The molecular formula is C11H14ClFN2O. The number of hydrogen-bond donors (Lipinski definition) is 2. The van der Waals surface area contributed by atoms with Gasteiger partial charge in [0.1, 0.15) is 5.82 Å². The number of benzene rings is 1. The van der Waals surface area contributed by atoms with Gasteiger partial charge in [0.25, 0.3) is 0 Å². The highest BCUT2D eigenvalue weighted by Crippen LogP contribution is 2.23. The zero-order valence-electron chi connectivity index (χ0n) is 9.18. The molecule has 0 aliphatic heterocycles. The SMILES string of the molecule is CNC(=O)CN[C@H](C)c1ccc(F)cc1Cl. The average molecular weight is 245 g/mol. The molecule has 2 N–H and O–H groups in total. The molecule has 16 heavy (non-hydrogen) atoms. The van der Waals surface area contributed by atoms with Crippen molar-refractivity contribution in [3.8, 4) is 0 Å². The highest BCUT2D eigenvalue weighted by molar-refractivity contribution is 6.31. The van der Waals surface area contributed by atoms with Crippen LogP contribution in [0.25, 0.3) is 0 Å². The molecule has 1 aromatic carbocycles. The van der Waals surface area contributed by atoms with Crippen molar-refractivity contribution in [2.75, 3.05) is 13.6 Å². The molecule has 0 aliphatic rings. The molecule has 0 aromatic heterocycles. The summed E-state index contributed by atoms with van der Waals surface area (Å²) in [6, 6.07) is 4.11. The van der Waals surface area contributed by atoms with Gasteiger partial charge in [0.2, 0.25) is 5.91 Å². The van der Waals surface area contributed by atoms with Gasteiger partial charge >= 0.3 is 0 Å². The molecule has 0 unspecified atom stereocenters. The zero-order valence-corrected chi connectivity index (χ0v) is 9.94. The minimum Gasteiger partial charge on any atom is -0.358 e. The Kier molecular flexibility index (Phi) is 4.71. The Morgan fingerprint density at radius 1 is 1.56 bits per heavy atom. The van der Waals surface area contributed by atoms with E-state index in [4.69, 9.17) is 11.6 Å². The van der Waals surface area contributed by atoms with Gasteiger partial charge in [-0.1, -0.05) is 17.7 Å². The van der Waals surface area contributed by atoms with Crippen molar-refractivity contribution < 1.29 is 9.18 Å². The molecule has 0 saturated carbocycles. The maximum atomic E-state index is 12.8. The summed E-state index contributed by atoms with van der Waals surface area (Å²) in [6.45, 7) is 2.06. The second-order valence-corrected chi connectivity index (χ2v) is 3.85. The van der Waals surface area contributed by atoms with E-state index in [9.17, 15) is 9.18 Å². The molecule has 1 aromatic rings. The van der Waals surface area contributed by atoms with Crippen molar-refractivity contribution in [2.45, 2.75) is 13.0 Å². The maximum absolute atomic E-state index is 12.8. The van der Waals surface area contributed by atoms with Crippen molar-refractivity contribution in [1.82, 2.24) is 10.6 Å². The molecule has 0 heterocycles. The van der Waals surface area contributed by atoms with Gasteiger partial charge in [0, 0.05) is 18.1 Å². The fourth-order valence-corrected chi connectivity index (χ4v) is 1.63. The van der Waals surface area contributed by atoms with Crippen LogP contribution < -0.4 is 10.6 Å². The van der Waals surface area contributed by atoms with Gasteiger partial charge in [0.15, 0.2) is 0 Å². The molecule has 1 rings (SSSR count). The summed E-state index contributed by atoms with van der Waals surface area (Å²) in [5, 5.41) is 5.85. The quantitative estimate of drug-likeness (QED) is 0.849. The van der Waals surface area contributed by atoms with E-state index in [0.29, 0.717) is 5.02 Å². The minimum atomic E-state index is -0.368. The monoisotopic (exact) mass is 244 g/mol. The van der Waals surface area contributed by atoms with E-state index in [1.54, 1.807) is 13.1 Å². The lowest BCUT2D eigenvalue weighted by atomic mass is 10.1. The molecule has 5 heteroatoms. The van der Waals surface area contributed by atoms with Crippen LogP contribution in [0, 0.1) is 5.82 Å². The number of amides is 1. The number of likely N-dealkylation sites (N-methyl/N-ethyl adjacent to an activating group) is 1. The molecular weight excluding hydrogens is 231 g/mol. The smallest absolute Gasteiger partial charge is 0.233 e. The Bertz CT molecular complexity index is 384. The third-order valence-electron chi connectivity index (χ3n) is 2.28. The largest absolute Gasteiger partial charge is 0.358 e. The lowest BCUT2D eigenvalue weighted by molar-refractivity contribution is -0.119. The summed E-state index contributed by atoms with van der Waals surface area (Å²) in [6.07, 6.45) is 0. The Balaban J connectivity index is 2.65. The van der Waals surface area contributed by atoms with E-state index in [2.05, 4.69) is 10.6 Å². The third-order valence-corrected chi connectivity index (χ3v) is 2.60. The summed E-state index contributed by atoms with van der Waals surface area (Å²) in [4.78, 5) is 11.0. The van der Waals surface area contributed by atoms with E-state index in [-0.39, 0.29) is 24.3 Å². The summed E-state index contributed by atoms with van der Waals surface area (Å²) >= 11 is 5.89. The van der Waals surface area contributed by atoms with E-state index in [0.717, 1.165) is 5.56 Å². The van der Waals surface area contributed by atoms with Gasteiger partial charge in [-0.2, -0.15) is 0 Å². The Hall–Kier alpha value is -1.13.